The van der Waals surface area contributed by atoms with Crippen molar-refractivity contribution in [3.8, 4) is 0 Å². The van der Waals surface area contributed by atoms with Crippen molar-refractivity contribution in [3.05, 3.63) is 30.5 Å². The predicted molar refractivity (Wildman–Crippen MR) is 60.3 cm³/mol. The number of hydrogen-bond donors (Lipinski definition) is 2. The molecule has 5 nitrogen and oxygen atoms in total. The van der Waals surface area contributed by atoms with Crippen molar-refractivity contribution in [3.63, 3.8) is 0 Å². The first kappa shape index (κ1) is 10.4. The van der Waals surface area contributed by atoms with E-state index in [4.69, 9.17) is 5.11 Å². The van der Waals surface area contributed by atoms with Gasteiger partial charge in [-0.25, -0.2) is 0 Å². The number of fused-ring (bicyclic) bond motifs is 1. The first-order valence-corrected chi connectivity index (χ1v) is 4.93. The molecule has 2 N–H and O–H groups in total. The van der Waals surface area contributed by atoms with Crippen LogP contribution in [0.5, 0.6) is 0 Å². The Kier molecular flexibility index (Phi) is 2.95. The maximum absolute atomic E-state index is 10.4. The number of carbonyl (C=O) groups is 1. The summed E-state index contributed by atoms with van der Waals surface area (Å²) in [5.74, 6) is -0.821. The van der Waals surface area contributed by atoms with E-state index in [2.05, 4.69) is 15.5 Å². The number of carboxylic acid groups (broad SMARTS) is 1. The van der Waals surface area contributed by atoms with Gasteiger partial charge in [0.15, 0.2) is 0 Å². The Hall–Kier alpha value is -2.17. The Balaban J connectivity index is 2.20. The number of anilines is 1. The highest BCUT2D eigenvalue weighted by molar-refractivity contribution is 5.90. The Morgan fingerprint density at radius 3 is 3.00 bits per heavy atom. The SMILES string of the molecule is O=C(O)CCNc1cnnc2ccccc12. The molecule has 0 aliphatic carbocycles. The molecule has 0 aliphatic heterocycles. The summed E-state index contributed by atoms with van der Waals surface area (Å²) in [4.78, 5) is 10.4. The van der Waals surface area contributed by atoms with E-state index in [-0.39, 0.29) is 6.42 Å². The van der Waals surface area contributed by atoms with Crippen LogP contribution in [0.3, 0.4) is 0 Å². The second-order valence-corrected chi connectivity index (χ2v) is 3.35. The molecular formula is C11H11N3O2. The summed E-state index contributed by atoms with van der Waals surface area (Å²) < 4.78 is 0. The van der Waals surface area contributed by atoms with E-state index in [0.29, 0.717) is 6.54 Å². The Morgan fingerprint density at radius 1 is 1.38 bits per heavy atom. The van der Waals surface area contributed by atoms with E-state index in [0.717, 1.165) is 16.6 Å². The van der Waals surface area contributed by atoms with E-state index in [1.807, 2.05) is 24.3 Å². The summed E-state index contributed by atoms with van der Waals surface area (Å²) in [6.07, 6.45) is 1.68. The molecular weight excluding hydrogens is 206 g/mol. The van der Waals surface area contributed by atoms with Gasteiger partial charge in [-0.1, -0.05) is 18.2 Å². The van der Waals surface area contributed by atoms with Crippen molar-refractivity contribution in [2.24, 2.45) is 0 Å². The fraction of sp³-hybridized carbons (Fsp3) is 0.182. The quantitative estimate of drug-likeness (QED) is 0.812. The fourth-order valence-electron chi connectivity index (χ4n) is 1.45. The van der Waals surface area contributed by atoms with Crippen molar-refractivity contribution in [2.75, 3.05) is 11.9 Å². The van der Waals surface area contributed by atoms with Crippen molar-refractivity contribution in [1.29, 1.82) is 0 Å². The molecule has 2 aromatic rings. The molecule has 0 aliphatic rings. The van der Waals surface area contributed by atoms with Gasteiger partial charge in [0.05, 0.1) is 23.8 Å². The number of benzene rings is 1. The maximum Gasteiger partial charge on any atom is 0.305 e. The molecule has 82 valence electrons. The summed E-state index contributed by atoms with van der Waals surface area (Å²) in [5.41, 5.74) is 1.61. The Labute approximate surface area is 92.1 Å². The van der Waals surface area contributed by atoms with Gasteiger partial charge in [-0.2, -0.15) is 10.2 Å². The monoisotopic (exact) mass is 217 g/mol. The van der Waals surface area contributed by atoms with Crippen LogP contribution < -0.4 is 5.32 Å². The second-order valence-electron chi connectivity index (χ2n) is 3.35. The molecule has 0 bridgehead atoms. The highest BCUT2D eigenvalue weighted by atomic mass is 16.4. The lowest BCUT2D eigenvalue weighted by Crippen LogP contribution is -2.08. The summed E-state index contributed by atoms with van der Waals surface area (Å²) in [6, 6.07) is 7.59. The molecule has 0 atom stereocenters. The molecule has 0 unspecified atom stereocenters. The van der Waals surface area contributed by atoms with E-state index < -0.39 is 5.97 Å². The van der Waals surface area contributed by atoms with Crippen molar-refractivity contribution in [2.45, 2.75) is 6.42 Å². The van der Waals surface area contributed by atoms with Crippen LogP contribution in [0.1, 0.15) is 6.42 Å². The predicted octanol–water partition coefficient (Wildman–Crippen LogP) is 1.52. The zero-order chi connectivity index (χ0) is 11.4. The molecule has 0 saturated carbocycles. The van der Waals surface area contributed by atoms with Gasteiger partial charge in [0.1, 0.15) is 0 Å². The van der Waals surface area contributed by atoms with Gasteiger partial charge < -0.3 is 10.4 Å². The molecule has 0 radical (unpaired) electrons. The van der Waals surface area contributed by atoms with Crippen molar-refractivity contribution >= 4 is 22.6 Å². The van der Waals surface area contributed by atoms with Crippen LogP contribution in [0.4, 0.5) is 5.69 Å². The largest absolute Gasteiger partial charge is 0.481 e. The highest BCUT2D eigenvalue weighted by Gasteiger charge is 2.02. The van der Waals surface area contributed by atoms with E-state index in [9.17, 15) is 4.79 Å². The summed E-state index contributed by atoms with van der Waals surface area (Å²) >= 11 is 0. The lowest BCUT2D eigenvalue weighted by molar-refractivity contribution is -0.136. The van der Waals surface area contributed by atoms with Gasteiger partial charge in [-0.05, 0) is 6.07 Å². The minimum atomic E-state index is -0.821. The molecule has 0 spiro atoms. The van der Waals surface area contributed by atoms with Crippen LogP contribution in [0, 0.1) is 0 Å². The molecule has 1 heterocycles. The van der Waals surface area contributed by atoms with Gasteiger partial charge in [-0.3, -0.25) is 4.79 Å². The maximum atomic E-state index is 10.4. The highest BCUT2D eigenvalue weighted by Crippen LogP contribution is 2.19. The molecule has 0 amide bonds. The van der Waals surface area contributed by atoms with E-state index in [1.165, 1.54) is 0 Å². The van der Waals surface area contributed by atoms with Gasteiger partial charge in [0.25, 0.3) is 0 Å². The van der Waals surface area contributed by atoms with E-state index >= 15 is 0 Å². The Morgan fingerprint density at radius 2 is 2.19 bits per heavy atom. The van der Waals surface area contributed by atoms with Crippen LogP contribution in [-0.2, 0) is 4.79 Å². The van der Waals surface area contributed by atoms with Gasteiger partial charge in [0.2, 0.25) is 0 Å². The molecule has 0 fully saturated rings. The average Bonchev–Trinajstić information content (AvgIpc) is 2.29. The molecule has 16 heavy (non-hydrogen) atoms. The van der Waals surface area contributed by atoms with Crippen LogP contribution in [0.15, 0.2) is 30.5 Å². The number of carboxylic acids is 1. The first-order chi connectivity index (χ1) is 7.77. The lowest BCUT2D eigenvalue weighted by Gasteiger charge is -2.06. The lowest BCUT2D eigenvalue weighted by atomic mass is 10.2. The van der Waals surface area contributed by atoms with Crippen molar-refractivity contribution in [1.82, 2.24) is 10.2 Å². The molecule has 2 rings (SSSR count). The number of hydrogen-bond acceptors (Lipinski definition) is 4. The normalized spacial score (nSPS) is 10.2. The average molecular weight is 217 g/mol. The van der Waals surface area contributed by atoms with E-state index in [1.54, 1.807) is 6.20 Å². The Bertz CT molecular complexity index is 508. The molecule has 5 heteroatoms. The zero-order valence-electron chi connectivity index (χ0n) is 8.55. The topological polar surface area (TPSA) is 75.1 Å². The number of rotatable bonds is 4. The zero-order valence-corrected chi connectivity index (χ0v) is 8.55. The standard InChI is InChI=1S/C11H11N3O2/c15-11(16)5-6-12-10-7-13-14-9-4-2-1-3-8(9)10/h1-4,7H,5-6H2,(H,12,14)(H,15,16). The first-order valence-electron chi connectivity index (χ1n) is 4.93. The minimum absolute atomic E-state index is 0.0800. The van der Waals surface area contributed by atoms with Crippen LogP contribution in [-0.4, -0.2) is 27.8 Å². The van der Waals surface area contributed by atoms with Gasteiger partial charge >= 0.3 is 5.97 Å². The summed E-state index contributed by atoms with van der Waals surface area (Å²) in [5, 5.41) is 20.3. The second kappa shape index (κ2) is 4.57. The van der Waals surface area contributed by atoms with Crippen LogP contribution >= 0.6 is 0 Å². The fourth-order valence-corrected chi connectivity index (χ4v) is 1.45. The third-order valence-corrected chi connectivity index (χ3v) is 2.20. The molecule has 1 aromatic carbocycles. The number of aliphatic carboxylic acids is 1. The van der Waals surface area contributed by atoms with Crippen LogP contribution in [0.2, 0.25) is 0 Å². The van der Waals surface area contributed by atoms with Gasteiger partial charge in [-0.15, -0.1) is 0 Å². The van der Waals surface area contributed by atoms with Gasteiger partial charge in [0, 0.05) is 11.9 Å². The number of nitrogens with one attached hydrogen (secondary N) is 1. The summed E-state index contributed by atoms with van der Waals surface area (Å²) in [7, 11) is 0. The third-order valence-electron chi connectivity index (χ3n) is 2.20. The van der Waals surface area contributed by atoms with Crippen molar-refractivity contribution < 1.29 is 9.90 Å². The smallest absolute Gasteiger partial charge is 0.305 e. The van der Waals surface area contributed by atoms with Crippen LogP contribution in [0.25, 0.3) is 10.9 Å². The number of aromatic nitrogens is 2. The summed E-state index contributed by atoms with van der Waals surface area (Å²) in [6.45, 7) is 0.380. The minimum Gasteiger partial charge on any atom is -0.481 e. The number of nitrogens with zero attached hydrogens (tertiary/aromatic N) is 2. The third kappa shape index (κ3) is 2.25. The molecule has 1 aromatic heterocycles. The molecule has 0 saturated heterocycles.